The Bertz CT molecular complexity index is 1060. The highest BCUT2D eigenvalue weighted by Crippen LogP contribution is 2.15. The average molecular weight is 650 g/mol. The van der Waals surface area contributed by atoms with Crippen molar-refractivity contribution in [1.29, 1.82) is 0 Å². The van der Waals surface area contributed by atoms with Crippen molar-refractivity contribution in [3.8, 4) is 0 Å². The van der Waals surface area contributed by atoms with Crippen molar-refractivity contribution in [2.45, 2.75) is 167 Å². The molecule has 47 heavy (non-hydrogen) atoms. The van der Waals surface area contributed by atoms with Crippen LogP contribution in [0.2, 0.25) is 0 Å². The molecule has 0 bridgehead atoms. The van der Waals surface area contributed by atoms with Crippen LogP contribution >= 0.6 is 0 Å². The van der Waals surface area contributed by atoms with Crippen LogP contribution in [0.4, 0.5) is 0 Å². The Morgan fingerprint density at radius 3 is 1.38 bits per heavy atom. The summed E-state index contributed by atoms with van der Waals surface area (Å²) in [5.41, 5.74) is 1.76. The Morgan fingerprint density at radius 1 is 0.532 bits per heavy atom. The molecule has 0 aromatic heterocycles. The highest BCUT2D eigenvalue weighted by Gasteiger charge is 2.23. The summed E-state index contributed by atoms with van der Waals surface area (Å²) in [6.45, 7) is 2.57. The van der Waals surface area contributed by atoms with Gasteiger partial charge in [-0.25, -0.2) is 4.79 Å². The number of esters is 2. The van der Waals surface area contributed by atoms with E-state index >= 15 is 0 Å². The largest absolute Gasteiger partial charge is 0.461 e. The predicted molar refractivity (Wildman–Crippen MR) is 192 cm³/mol. The van der Waals surface area contributed by atoms with Gasteiger partial charge in [0.1, 0.15) is 19.3 Å². The normalized spacial score (nSPS) is 11.6. The van der Waals surface area contributed by atoms with Gasteiger partial charge in [-0.2, -0.15) is 0 Å². The zero-order valence-electron chi connectivity index (χ0n) is 29.4. The first-order valence-electron chi connectivity index (χ1n) is 18.8. The number of carbonyl (C=O) groups excluding carboxylic acids is 3. The molecule has 1 N–H and O–H groups in total. The molecule has 0 unspecified atom stereocenters. The van der Waals surface area contributed by atoms with E-state index in [4.69, 9.17) is 9.47 Å². The smallest absolute Gasteiger partial charge is 0.328 e. The van der Waals surface area contributed by atoms with Crippen LogP contribution in [0.15, 0.2) is 60.7 Å². The fraction of sp³-hybridized carbons (Fsp3) is 0.634. The summed E-state index contributed by atoms with van der Waals surface area (Å²) >= 11 is 0. The third kappa shape index (κ3) is 22.1. The minimum absolute atomic E-state index is 0.0114. The summed E-state index contributed by atoms with van der Waals surface area (Å²) in [7, 11) is 0. The number of carbonyl (C=O) groups is 3. The van der Waals surface area contributed by atoms with Gasteiger partial charge in [-0.15, -0.1) is 0 Å². The lowest BCUT2D eigenvalue weighted by atomic mass is 10.0. The Labute approximate surface area is 285 Å². The van der Waals surface area contributed by atoms with Crippen LogP contribution < -0.4 is 5.32 Å². The summed E-state index contributed by atoms with van der Waals surface area (Å²) < 4.78 is 10.9. The number of nitrogens with one attached hydrogen (secondary N) is 1. The maximum absolute atomic E-state index is 12.9. The molecule has 2 rings (SSSR count). The van der Waals surface area contributed by atoms with Gasteiger partial charge in [0, 0.05) is 12.8 Å². The number of rotatable bonds is 29. The number of ether oxygens (including phenoxy) is 2. The zero-order valence-corrected chi connectivity index (χ0v) is 29.4. The predicted octanol–water partition coefficient (Wildman–Crippen LogP) is 10.6. The van der Waals surface area contributed by atoms with Gasteiger partial charge in [-0.1, -0.05) is 183 Å². The summed E-state index contributed by atoms with van der Waals surface area (Å²) in [6.07, 6.45) is 25.3. The van der Waals surface area contributed by atoms with E-state index in [9.17, 15) is 14.4 Å². The summed E-state index contributed by atoms with van der Waals surface area (Å²) in [6, 6.07) is 18.0. The lowest BCUT2D eigenvalue weighted by Crippen LogP contribution is -2.42. The minimum atomic E-state index is -0.893. The van der Waals surface area contributed by atoms with E-state index in [1.165, 1.54) is 103 Å². The van der Waals surface area contributed by atoms with Crippen molar-refractivity contribution in [1.82, 2.24) is 5.32 Å². The third-order valence-corrected chi connectivity index (χ3v) is 8.73. The van der Waals surface area contributed by atoms with Crippen LogP contribution in [-0.4, -0.2) is 23.9 Å². The van der Waals surface area contributed by atoms with Gasteiger partial charge in [0.05, 0.1) is 0 Å². The van der Waals surface area contributed by atoms with E-state index < -0.39 is 18.0 Å². The summed E-state index contributed by atoms with van der Waals surface area (Å²) in [5.74, 6) is -1.13. The quantitative estimate of drug-likeness (QED) is 0.0700. The molecule has 1 atom stereocenters. The van der Waals surface area contributed by atoms with E-state index in [1.54, 1.807) is 0 Å². The Morgan fingerprint density at radius 2 is 0.936 bits per heavy atom. The van der Waals surface area contributed by atoms with Crippen LogP contribution in [0, 0.1) is 0 Å². The van der Waals surface area contributed by atoms with E-state index in [-0.39, 0.29) is 32.0 Å². The summed E-state index contributed by atoms with van der Waals surface area (Å²) in [5, 5.41) is 2.82. The molecule has 6 heteroatoms. The fourth-order valence-electron chi connectivity index (χ4n) is 5.78. The van der Waals surface area contributed by atoms with Gasteiger partial charge < -0.3 is 14.8 Å². The molecule has 0 radical (unpaired) electrons. The number of hydrogen-bond acceptors (Lipinski definition) is 5. The first kappa shape index (κ1) is 40.0. The van der Waals surface area contributed by atoms with E-state index in [0.29, 0.717) is 6.42 Å². The standard InChI is InChI=1S/C41H63NO5/c1-2-3-4-5-6-7-8-9-10-11-12-13-14-15-16-17-18-19-26-31-39(43)42-38(41(45)47-35-37-29-24-21-25-30-37)32-33-40(44)46-34-36-27-22-20-23-28-36/h20-25,27-30,38H,2-19,26,31-35H2,1H3,(H,42,43)/t38-/m1/s1. The molecule has 6 nitrogen and oxygen atoms in total. The monoisotopic (exact) mass is 649 g/mol. The number of unbranched alkanes of at least 4 members (excludes halogenated alkanes) is 18. The molecule has 0 aliphatic heterocycles. The second kappa shape index (κ2) is 27.9. The van der Waals surface area contributed by atoms with Crippen molar-refractivity contribution < 1.29 is 23.9 Å². The first-order valence-corrected chi connectivity index (χ1v) is 18.8. The van der Waals surface area contributed by atoms with Crippen LogP contribution in [-0.2, 0) is 37.1 Å². The van der Waals surface area contributed by atoms with E-state index in [2.05, 4.69) is 12.2 Å². The molecule has 0 saturated heterocycles. The van der Waals surface area contributed by atoms with Gasteiger partial charge >= 0.3 is 11.9 Å². The second-order valence-corrected chi connectivity index (χ2v) is 13.0. The van der Waals surface area contributed by atoms with Gasteiger partial charge in [-0.3, -0.25) is 9.59 Å². The van der Waals surface area contributed by atoms with E-state index in [0.717, 1.165) is 30.4 Å². The molecule has 0 heterocycles. The van der Waals surface area contributed by atoms with Crippen molar-refractivity contribution in [2.24, 2.45) is 0 Å². The maximum atomic E-state index is 12.9. The lowest BCUT2D eigenvalue weighted by molar-refractivity contribution is -0.150. The average Bonchev–Trinajstić information content (AvgIpc) is 3.10. The molecular weight excluding hydrogens is 586 g/mol. The van der Waals surface area contributed by atoms with E-state index in [1.807, 2.05) is 60.7 Å². The fourth-order valence-corrected chi connectivity index (χ4v) is 5.78. The highest BCUT2D eigenvalue weighted by molar-refractivity contribution is 5.85. The molecule has 0 saturated carbocycles. The van der Waals surface area contributed by atoms with Gasteiger partial charge in [0.15, 0.2) is 0 Å². The summed E-state index contributed by atoms with van der Waals surface area (Å²) in [4.78, 5) is 38.0. The topological polar surface area (TPSA) is 81.7 Å². The first-order chi connectivity index (χ1) is 23.1. The van der Waals surface area contributed by atoms with Gasteiger partial charge in [-0.05, 0) is 24.0 Å². The number of hydrogen-bond donors (Lipinski definition) is 1. The molecule has 0 aliphatic carbocycles. The van der Waals surface area contributed by atoms with Crippen LogP contribution in [0.25, 0.3) is 0 Å². The number of benzene rings is 2. The Balaban J connectivity index is 1.54. The molecule has 262 valence electrons. The highest BCUT2D eigenvalue weighted by atomic mass is 16.5. The van der Waals surface area contributed by atoms with Crippen LogP contribution in [0.5, 0.6) is 0 Å². The molecule has 2 aromatic carbocycles. The Hall–Kier alpha value is -3.15. The van der Waals surface area contributed by atoms with Crippen LogP contribution in [0.1, 0.15) is 159 Å². The minimum Gasteiger partial charge on any atom is -0.461 e. The maximum Gasteiger partial charge on any atom is 0.328 e. The van der Waals surface area contributed by atoms with Gasteiger partial charge in [0.25, 0.3) is 0 Å². The zero-order chi connectivity index (χ0) is 33.6. The molecular formula is C41H63NO5. The van der Waals surface area contributed by atoms with Crippen molar-refractivity contribution in [2.75, 3.05) is 0 Å². The van der Waals surface area contributed by atoms with Crippen LogP contribution in [0.3, 0.4) is 0 Å². The van der Waals surface area contributed by atoms with Crippen molar-refractivity contribution in [3.05, 3.63) is 71.8 Å². The molecule has 0 fully saturated rings. The lowest BCUT2D eigenvalue weighted by Gasteiger charge is -2.18. The number of amides is 1. The Kier molecular flexibility index (Phi) is 23.8. The third-order valence-electron chi connectivity index (χ3n) is 8.73. The van der Waals surface area contributed by atoms with Gasteiger partial charge in [0.2, 0.25) is 5.91 Å². The molecule has 2 aromatic rings. The molecule has 0 aliphatic rings. The molecule has 1 amide bonds. The SMILES string of the molecule is CCCCCCCCCCCCCCCCCCCCCC(=O)N[C@H](CCC(=O)OCc1ccccc1)C(=O)OCc1ccccc1. The second-order valence-electron chi connectivity index (χ2n) is 13.0. The van der Waals surface area contributed by atoms with Crippen molar-refractivity contribution >= 4 is 17.8 Å². The molecule has 0 spiro atoms. The van der Waals surface area contributed by atoms with Crippen molar-refractivity contribution in [3.63, 3.8) is 0 Å².